The van der Waals surface area contributed by atoms with Gasteiger partial charge >= 0.3 is 11.8 Å². The van der Waals surface area contributed by atoms with Crippen molar-refractivity contribution in [1.82, 2.24) is 10.2 Å². The summed E-state index contributed by atoms with van der Waals surface area (Å²) in [4.78, 5) is 29.9. The molecule has 0 saturated carbocycles. The fourth-order valence-electron chi connectivity index (χ4n) is 3.11. The molecule has 5 nitrogen and oxygen atoms in total. The van der Waals surface area contributed by atoms with Crippen LogP contribution in [0.4, 0.5) is 13.2 Å². The molecule has 1 unspecified atom stereocenters. The Hall–Kier alpha value is -3.16. The van der Waals surface area contributed by atoms with Gasteiger partial charge in [0.25, 0.3) is 5.91 Å². The maximum atomic E-state index is 14.1. The molecule has 152 valence electrons. The fourth-order valence-corrected chi connectivity index (χ4v) is 3.11. The van der Waals surface area contributed by atoms with Gasteiger partial charge < -0.3 is 5.32 Å². The van der Waals surface area contributed by atoms with Gasteiger partial charge in [0.15, 0.2) is 0 Å². The van der Waals surface area contributed by atoms with Crippen molar-refractivity contribution in [2.24, 2.45) is 4.99 Å². The third-order valence-electron chi connectivity index (χ3n) is 4.51. The van der Waals surface area contributed by atoms with Crippen LogP contribution in [0.15, 0.2) is 65.7 Å². The smallest absolute Gasteiger partial charge is 0.316 e. The van der Waals surface area contributed by atoms with E-state index in [9.17, 15) is 22.8 Å². The molecule has 2 aromatic rings. The van der Waals surface area contributed by atoms with E-state index in [2.05, 4.69) is 4.99 Å². The van der Waals surface area contributed by atoms with Crippen LogP contribution in [0.3, 0.4) is 0 Å². The number of hydrogen-bond donors (Lipinski definition) is 1. The predicted octanol–water partition coefficient (Wildman–Crippen LogP) is 3.65. The second-order valence-corrected chi connectivity index (χ2v) is 6.68. The molecule has 0 bridgehead atoms. The number of rotatable bonds is 6. The molecule has 0 radical (unpaired) electrons. The molecule has 1 N–H and O–H groups in total. The third-order valence-corrected chi connectivity index (χ3v) is 4.51. The molecule has 0 saturated heterocycles. The highest BCUT2D eigenvalue weighted by atomic mass is 19.4. The van der Waals surface area contributed by atoms with Gasteiger partial charge in [0.1, 0.15) is 5.84 Å². The molecule has 1 aliphatic heterocycles. The third kappa shape index (κ3) is 4.01. The van der Waals surface area contributed by atoms with Crippen LogP contribution in [-0.4, -0.2) is 34.4 Å². The molecule has 0 fully saturated rings. The number of halogens is 3. The number of hydrogen-bond acceptors (Lipinski definition) is 3. The Morgan fingerprint density at radius 1 is 1.07 bits per heavy atom. The van der Waals surface area contributed by atoms with E-state index in [0.717, 1.165) is 4.90 Å². The maximum absolute atomic E-state index is 14.1. The number of carbonyl (C=O) groups excluding carboxylic acids is 2. The Morgan fingerprint density at radius 3 is 2.21 bits per heavy atom. The summed E-state index contributed by atoms with van der Waals surface area (Å²) in [6.45, 7) is 1.56. The molecule has 1 atom stereocenters. The van der Waals surface area contributed by atoms with Gasteiger partial charge in [-0.2, -0.15) is 13.2 Å². The first-order valence-electron chi connectivity index (χ1n) is 9.17. The van der Waals surface area contributed by atoms with Gasteiger partial charge in [-0.3, -0.25) is 14.5 Å². The lowest BCUT2D eigenvalue weighted by atomic mass is 10.1. The minimum Gasteiger partial charge on any atom is -0.316 e. The monoisotopic (exact) mass is 403 g/mol. The average molecular weight is 403 g/mol. The van der Waals surface area contributed by atoms with Crippen LogP contribution < -0.4 is 5.32 Å². The number of benzene rings is 2. The summed E-state index contributed by atoms with van der Waals surface area (Å²) in [5, 5.41) is 1.86. The lowest BCUT2D eigenvalue weighted by Gasteiger charge is -2.29. The van der Waals surface area contributed by atoms with Crippen molar-refractivity contribution in [2.75, 3.05) is 0 Å². The average Bonchev–Trinajstić information content (AvgIpc) is 2.97. The number of alkyl halides is 3. The van der Waals surface area contributed by atoms with Crippen molar-refractivity contribution in [1.29, 1.82) is 0 Å². The highest BCUT2D eigenvalue weighted by Crippen LogP contribution is 2.39. The van der Waals surface area contributed by atoms with Crippen LogP contribution in [0.25, 0.3) is 0 Å². The minimum absolute atomic E-state index is 0.102. The van der Waals surface area contributed by atoms with Crippen LogP contribution in [0.5, 0.6) is 0 Å². The fraction of sp³-hybridized carbons (Fsp3) is 0.286. The lowest BCUT2D eigenvalue weighted by Crippen LogP contribution is -2.63. The van der Waals surface area contributed by atoms with E-state index in [1.54, 1.807) is 67.6 Å². The normalized spacial score (nSPS) is 19.2. The van der Waals surface area contributed by atoms with Crippen molar-refractivity contribution in [3.63, 3.8) is 0 Å². The zero-order valence-corrected chi connectivity index (χ0v) is 15.7. The second-order valence-electron chi connectivity index (χ2n) is 6.68. The van der Waals surface area contributed by atoms with Crippen molar-refractivity contribution >= 4 is 17.6 Å². The first kappa shape index (κ1) is 20.6. The number of nitrogens with one attached hydrogen (secondary N) is 1. The Morgan fingerprint density at radius 2 is 1.66 bits per heavy atom. The van der Waals surface area contributed by atoms with Gasteiger partial charge in [0.2, 0.25) is 5.91 Å². The molecule has 3 rings (SSSR count). The molecule has 1 aliphatic rings. The molecular weight excluding hydrogens is 383 g/mol. The van der Waals surface area contributed by atoms with Crippen LogP contribution in [-0.2, 0) is 16.1 Å². The summed E-state index contributed by atoms with van der Waals surface area (Å²) in [5.74, 6) is -2.33. The number of aliphatic imine (C=N–C) groups is 1. The summed E-state index contributed by atoms with van der Waals surface area (Å²) in [6, 6.07) is 16.8. The van der Waals surface area contributed by atoms with Crippen molar-refractivity contribution in [3.8, 4) is 0 Å². The Balaban J connectivity index is 2.10. The molecule has 8 heteroatoms. The maximum Gasteiger partial charge on any atom is 0.442 e. The van der Waals surface area contributed by atoms with E-state index in [1.807, 2.05) is 5.32 Å². The van der Waals surface area contributed by atoms with E-state index in [1.165, 1.54) is 0 Å². The van der Waals surface area contributed by atoms with Gasteiger partial charge in [0, 0.05) is 12.0 Å². The van der Waals surface area contributed by atoms with Crippen molar-refractivity contribution in [2.45, 2.75) is 38.1 Å². The van der Waals surface area contributed by atoms with Gasteiger partial charge in [-0.05, 0) is 12.0 Å². The van der Waals surface area contributed by atoms with Crippen LogP contribution >= 0.6 is 0 Å². The zero-order valence-electron chi connectivity index (χ0n) is 15.7. The number of amidine groups is 1. The Bertz CT molecular complexity index is 914. The van der Waals surface area contributed by atoms with Gasteiger partial charge in [-0.25, -0.2) is 4.99 Å². The highest BCUT2D eigenvalue weighted by Gasteiger charge is 2.67. The zero-order chi connectivity index (χ0) is 21.1. The molecule has 0 aromatic heterocycles. The number of amides is 2. The molecule has 2 amide bonds. The summed E-state index contributed by atoms with van der Waals surface area (Å²) < 4.78 is 42.3. The van der Waals surface area contributed by atoms with E-state index < -0.39 is 23.7 Å². The summed E-state index contributed by atoms with van der Waals surface area (Å²) in [7, 11) is 0. The Kier molecular flexibility index (Phi) is 5.72. The second kappa shape index (κ2) is 8.06. The SMILES string of the molecule is CCCC(=O)NC1(C(F)(F)F)N=C(c2ccccc2)N(Cc2ccccc2)C1=O. The highest BCUT2D eigenvalue weighted by molar-refractivity contribution is 6.16. The minimum atomic E-state index is -5.10. The van der Waals surface area contributed by atoms with E-state index >= 15 is 0 Å². The summed E-state index contributed by atoms with van der Waals surface area (Å²) in [6.07, 6.45) is -4.89. The first-order chi connectivity index (χ1) is 13.8. The topological polar surface area (TPSA) is 61.8 Å². The van der Waals surface area contributed by atoms with Gasteiger partial charge in [-0.15, -0.1) is 0 Å². The molecular formula is C21H20F3N3O2. The number of nitrogens with zero attached hydrogens (tertiary/aromatic N) is 2. The van der Waals surface area contributed by atoms with Crippen LogP contribution in [0, 0.1) is 0 Å². The summed E-state index contributed by atoms with van der Waals surface area (Å²) in [5.41, 5.74) is -2.34. The van der Waals surface area contributed by atoms with Crippen molar-refractivity contribution < 1.29 is 22.8 Å². The lowest BCUT2D eigenvalue weighted by molar-refractivity contribution is -0.200. The quantitative estimate of drug-likeness (QED) is 0.800. The molecule has 2 aromatic carbocycles. The molecule has 1 heterocycles. The van der Waals surface area contributed by atoms with E-state index in [-0.39, 0.29) is 18.8 Å². The van der Waals surface area contributed by atoms with Gasteiger partial charge in [-0.1, -0.05) is 67.6 Å². The Labute approximate surface area is 166 Å². The number of carbonyl (C=O) groups is 2. The summed E-state index contributed by atoms with van der Waals surface area (Å²) >= 11 is 0. The van der Waals surface area contributed by atoms with Crippen LogP contribution in [0.1, 0.15) is 30.9 Å². The molecule has 0 spiro atoms. The van der Waals surface area contributed by atoms with Gasteiger partial charge in [0.05, 0.1) is 6.54 Å². The molecule has 29 heavy (non-hydrogen) atoms. The van der Waals surface area contributed by atoms with E-state index in [0.29, 0.717) is 17.5 Å². The van der Waals surface area contributed by atoms with Crippen LogP contribution in [0.2, 0.25) is 0 Å². The first-order valence-corrected chi connectivity index (χ1v) is 9.17. The van der Waals surface area contributed by atoms with E-state index in [4.69, 9.17) is 0 Å². The van der Waals surface area contributed by atoms with Crippen molar-refractivity contribution in [3.05, 3.63) is 71.8 Å². The largest absolute Gasteiger partial charge is 0.442 e. The predicted molar refractivity (Wildman–Crippen MR) is 102 cm³/mol. The standard InChI is InChI=1S/C21H20F3N3O2/c1-2-9-17(28)25-20(21(22,23)24)19(29)27(14-15-10-5-3-6-11-15)18(26-20)16-12-7-4-8-13-16/h3-8,10-13H,2,9,14H2,1H3,(H,25,28). The molecule has 0 aliphatic carbocycles.